The molecular formula is C67H43NO. The normalized spacial score (nSPS) is 12.8. The Morgan fingerprint density at radius 3 is 1.41 bits per heavy atom. The second-order valence-corrected chi connectivity index (χ2v) is 18.3. The largest absolute Gasteiger partial charge is 0.456 e. The van der Waals surface area contributed by atoms with E-state index in [2.05, 4.69) is 260 Å². The molecule has 0 radical (unpaired) electrons. The molecule has 0 unspecified atom stereocenters. The van der Waals surface area contributed by atoms with Gasteiger partial charge in [-0.25, -0.2) is 0 Å². The summed E-state index contributed by atoms with van der Waals surface area (Å²) in [5, 5.41) is 2.16. The molecule has 0 atom stereocenters. The number of rotatable bonds is 7. The minimum atomic E-state index is -0.403. The zero-order valence-electron chi connectivity index (χ0n) is 37.7. The monoisotopic (exact) mass is 877 g/mol. The third-order valence-electron chi connectivity index (χ3n) is 14.7. The van der Waals surface area contributed by atoms with Gasteiger partial charge in [0.2, 0.25) is 0 Å². The van der Waals surface area contributed by atoms with E-state index in [1.807, 2.05) is 6.07 Å². The predicted molar refractivity (Wildman–Crippen MR) is 286 cm³/mol. The Morgan fingerprint density at radius 1 is 0.275 bits per heavy atom. The molecule has 322 valence electrons. The Morgan fingerprint density at radius 2 is 0.739 bits per heavy atom. The molecule has 1 spiro atoms. The van der Waals surface area contributed by atoms with Crippen LogP contribution in [-0.4, -0.2) is 0 Å². The van der Waals surface area contributed by atoms with Crippen LogP contribution >= 0.6 is 0 Å². The fourth-order valence-electron chi connectivity index (χ4n) is 11.9. The second kappa shape index (κ2) is 15.6. The smallest absolute Gasteiger partial charge is 0.137 e. The Balaban J connectivity index is 0.948. The summed E-state index contributed by atoms with van der Waals surface area (Å²) in [5.74, 6) is 0. The van der Waals surface area contributed by atoms with Crippen molar-refractivity contribution in [3.63, 3.8) is 0 Å². The molecule has 11 aromatic carbocycles. The molecule has 69 heavy (non-hydrogen) atoms. The molecular weight excluding hydrogens is 835 g/mol. The van der Waals surface area contributed by atoms with Crippen LogP contribution in [0.25, 0.3) is 88.7 Å². The molecule has 1 aromatic heterocycles. The first kappa shape index (κ1) is 39.2. The maximum Gasteiger partial charge on any atom is 0.137 e. The Bertz CT molecular complexity index is 3910. The quantitative estimate of drug-likeness (QED) is 0.159. The van der Waals surface area contributed by atoms with Gasteiger partial charge < -0.3 is 9.32 Å². The Labute approximate surface area is 401 Å². The van der Waals surface area contributed by atoms with Gasteiger partial charge in [0.05, 0.1) is 22.2 Å². The van der Waals surface area contributed by atoms with Gasteiger partial charge in [0.1, 0.15) is 11.2 Å². The standard InChI is InChI=1S/C67H43NO/c1-2-19-45(20-3-1)48-21-4-5-22-49(48)50-23-6-7-24-51(50)56-28-11-16-33-62(56)68(63-34-18-36-65-66(63)57-29-12-17-35-64(57)69-65)47-40-37-44(38-41-47)46-39-42-55-54-27-10-15-32-60(54)67(61(55)43-46)58-30-13-8-25-52(58)53-26-9-14-31-59(53)67/h1-43H. The second-order valence-electron chi connectivity index (χ2n) is 18.3. The third-order valence-corrected chi connectivity index (χ3v) is 14.7. The number of hydrogen-bond donors (Lipinski definition) is 0. The van der Waals surface area contributed by atoms with Gasteiger partial charge >= 0.3 is 0 Å². The molecule has 0 N–H and O–H groups in total. The minimum absolute atomic E-state index is 0.403. The van der Waals surface area contributed by atoms with E-state index < -0.39 is 5.41 Å². The molecule has 14 rings (SSSR count). The van der Waals surface area contributed by atoms with Crippen LogP contribution in [0.3, 0.4) is 0 Å². The van der Waals surface area contributed by atoms with Crippen LogP contribution in [-0.2, 0) is 5.41 Å². The first-order valence-corrected chi connectivity index (χ1v) is 23.8. The van der Waals surface area contributed by atoms with E-state index in [1.165, 1.54) is 72.3 Å². The molecule has 0 bridgehead atoms. The Hall–Kier alpha value is -8.98. The lowest BCUT2D eigenvalue weighted by Crippen LogP contribution is -2.25. The van der Waals surface area contributed by atoms with Crippen LogP contribution in [0, 0.1) is 0 Å². The van der Waals surface area contributed by atoms with Gasteiger partial charge in [-0.2, -0.15) is 0 Å². The number of furan rings is 1. The fraction of sp³-hybridized carbons (Fsp3) is 0.0149. The van der Waals surface area contributed by atoms with E-state index in [0.29, 0.717) is 0 Å². The molecule has 0 fully saturated rings. The summed E-state index contributed by atoms with van der Waals surface area (Å²) >= 11 is 0. The van der Waals surface area contributed by atoms with Crippen molar-refractivity contribution < 1.29 is 4.42 Å². The van der Waals surface area contributed by atoms with Gasteiger partial charge in [-0.05, 0) is 126 Å². The lowest BCUT2D eigenvalue weighted by molar-refractivity contribution is 0.669. The van der Waals surface area contributed by atoms with Gasteiger partial charge in [-0.3, -0.25) is 0 Å². The van der Waals surface area contributed by atoms with E-state index >= 15 is 0 Å². The van der Waals surface area contributed by atoms with Gasteiger partial charge in [-0.1, -0.05) is 218 Å². The molecule has 2 aliphatic rings. The summed E-state index contributed by atoms with van der Waals surface area (Å²) in [7, 11) is 0. The van der Waals surface area contributed by atoms with Crippen molar-refractivity contribution in [1.29, 1.82) is 0 Å². The van der Waals surface area contributed by atoms with Crippen LogP contribution in [0.15, 0.2) is 265 Å². The van der Waals surface area contributed by atoms with E-state index in [4.69, 9.17) is 4.42 Å². The molecule has 1 heterocycles. The van der Waals surface area contributed by atoms with Gasteiger partial charge in [0, 0.05) is 16.6 Å². The molecule has 0 saturated heterocycles. The van der Waals surface area contributed by atoms with Crippen LogP contribution in [0.2, 0.25) is 0 Å². The number of hydrogen-bond acceptors (Lipinski definition) is 2. The van der Waals surface area contributed by atoms with E-state index in [0.717, 1.165) is 55.7 Å². The summed E-state index contributed by atoms with van der Waals surface area (Å²) in [5.41, 5.74) is 24.5. The topological polar surface area (TPSA) is 16.4 Å². The van der Waals surface area contributed by atoms with E-state index in [-0.39, 0.29) is 0 Å². The summed E-state index contributed by atoms with van der Waals surface area (Å²) in [6.07, 6.45) is 0. The SMILES string of the molecule is c1ccc(-c2ccccc2-c2ccccc2-c2ccccc2N(c2ccc(-c3ccc4c(c3)C3(c5ccccc5-c5ccccc53)c3ccccc3-4)cc2)c2cccc3oc4ccccc4c23)cc1. The summed E-state index contributed by atoms with van der Waals surface area (Å²) in [6.45, 7) is 0. The number of fused-ring (bicyclic) bond motifs is 13. The average Bonchev–Trinajstić information content (AvgIpc) is 4.06. The zero-order valence-corrected chi connectivity index (χ0v) is 37.7. The lowest BCUT2D eigenvalue weighted by Gasteiger charge is -2.31. The molecule has 0 saturated carbocycles. The third kappa shape index (κ3) is 5.86. The number of nitrogens with zero attached hydrogens (tertiary/aromatic N) is 1. The van der Waals surface area contributed by atoms with Crippen LogP contribution in [0.5, 0.6) is 0 Å². The van der Waals surface area contributed by atoms with Crippen molar-refractivity contribution in [3.8, 4) is 66.8 Å². The van der Waals surface area contributed by atoms with Crippen molar-refractivity contribution in [1.82, 2.24) is 0 Å². The molecule has 2 aliphatic carbocycles. The molecule has 12 aromatic rings. The van der Waals surface area contributed by atoms with Crippen molar-refractivity contribution >= 4 is 39.0 Å². The van der Waals surface area contributed by atoms with Crippen molar-refractivity contribution in [2.24, 2.45) is 0 Å². The number of para-hydroxylation sites is 2. The highest BCUT2D eigenvalue weighted by Gasteiger charge is 2.51. The van der Waals surface area contributed by atoms with Gasteiger partial charge in [0.15, 0.2) is 0 Å². The highest BCUT2D eigenvalue weighted by Crippen LogP contribution is 2.63. The van der Waals surface area contributed by atoms with E-state index in [1.54, 1.807) is 0 Å². The average molecular weight is 878 g/mol. The fourth-order valence-corrected chi connectivity index (χ4v) is 11.9. The Kier molecular flexibility index (Phi) is 8.84. The van der Waals surface area contributed by atoms with Gasteiger partial charge in [0.25, 0.3) is 0 Å². The van der Waals surface area contributed by atoms with Crippen LogP contribution < -0.4 is 4.90 Å². The minimum Gasteiger partial charge on any atom is -0.456 e. The lowest BCUT2D eigenvalue weighted by atomic mass is 9.70. The number of anilines is 3. The van der Waals surface area contributed by atoms with Gasteiger partial charge in [-0.15, -0.1) is 0 Å². The summed E-state index contributed by atoms with van der Waals surface area (Å²) in [6, 6.07) is 95.4. The van der Waals surface area contributed by atoms with Crippen LogP contribution in [0.4, 0.5) is 17.1 Å². The maximum absolute atomic E-state index is 6.56. The molecule has 2 nitrogen and oxygen atoms in total. The molecule has 0 amide bonds. The summed E-state index contributed by atoms with van der Waals surface area (Å²) < 4.78 is 6.56. The number of benzene rings is 11. The van der Waals surface area contributed by atoms with Crippen molar-refractivity contribution in [2.45, 2.75) is 5.41 Å². The maximum atomic E-state index is 6.56. The predicted octanol–water partition coefficient (Wildman–Crippen LogP) is 18.1. The molecule has 2 heteroatoms. The van der Waals surface area contributed by atoms with Crippen molar-refractivity contribution in [3.05, 3.63) is 283 Å². The van der Waals surface area contributed by atoms with Crippen molar-refractivity contribution in [2.75, 3.05) is 4.90 Å². The summed E-state index contributed by atoms with van der Waals surface area (Å²) in [4.78, 5) is 2.43. The van der Waals surface area contributed by atoms with E-state index in [9.17, 15) is 0 Å². The van der Waals surface area contributed by atoms with Crippen LogP contribution in [0.1, 0.15) is 22.3 Å². The highest BCUT2D eigenvalue weighted by atomic mass is 16.3. The first-order valence-electron chi connectivity index (χ1n) is 23.8. The molecule has 0 aliphatic heterocycles. The highest BCUT2D eigenvalue weighted by molar-refractivity contribution is 6.14. The zero-order chi connectivity index (χ0) is 45.5. The first-order chi connectivity index (χ1) is 34.3.